The van der Waals surface area contributed by atoms with Crippen molar-refractivity contribution < 1.29 is 27.9 Å². The van der Waals surface area contributed by atoms with Crippen molar-refractivity contribution in [3.8, 4) is 0 Å². The summed E-state index contributed by atoms with van der Waals surface area (Å²) < 4.78 is 39.0. The monoisotopic (exact) mass is 299 g/mol. The number of benzene rings is 1. The molecule has 7 heteroatoms. The Labute approximate surface area is 117 Å². The second-order valence-electron chi connectivity index (χ2n) is 4.60. The minimum absolute atomic E-state index is 0.0249. The summed E-state index contributed by atoms with van der Waals surface area (Å²) in [5.41, 5.74) is -0.394. The van der Waals surface area contributed by atoms with Crippen molar-refractivity contribution in [1.82, 2.24) is 4.57 Å². The van der Waals surface area contributed by atoms with E-state index in [1.807, 2.05) is 0 Å². The summed E-state index contributed by atoms with van der Waals surface area (Å²) in [6.07, 6.45) is -2.94. The molecule has 0 unspecified atom stereocenters. The standard InChI is InChI=1S/C14H12F3NO3/c15-14(16,17)10-4-5-11-9(8-10)6-7-18(11)12(19)2-1-3-13(20)21/h4-8H,1-3H2,(H,20,21). The van der Waals surface area contributed by atoms with Gasteiger partial charge in [0.25, 0.3) is 0 Å². The van der Waals surface area contributed by atoms with Crippen LogP contribution in [0.2, 0.25) is 0 Å². The zero-order valence-electron chi connectivity index (χ0n) is 10.9. The van der Waals surface area contributed by atoms with Gasteiger partial charge in [0.1, 0.15) is 0 Å². The van der Waals surface area contributed by atoms with Crippen LogP contribution in [0.25, 0.3) is 10.9 Å². The average Bonchev–Trinajstić information content (AvgIpc) is 2.79. The van der Waals surface area contributed by atoms with Crippen LogP contribution in [0.15, 0.2) is 30.5 Å². The fourth-order valence-corrected chi connectivity index (χ4v) is 2.05. The summed E-state index contributed by atoms with van der Waals surface area (Å²) in [7, 11) is 0. The highest BCUT2D eigenvalue weighted by Crippen LogP contribution is 2.31. The molecule has 0 fully saturated rings. The first kappa shape index (κ1) is 15.1. The number of fused-ring (bicyclic) bond motifs is 1. The molecule has 1 aromatic heterocycles. The second-order valence-corrected chi connectivity index (χ2v) is 4.60. The third-order valence-corrected chi connectivity index (χ3v) is 3.07. The molecule has 0 saturated heterocycles. The molecule has 21 heavy (non-hydrogen) atoms. The lowest BCUT2D eigenvalue weighted by Gasteiger charge is -2.07. The van der Waals surface area contributed by atoms with E-state index in [9.17, 15) is 22.8 Å². The van der Waals surface area contributed by atoms with E-state index in [1.165, 1.54) is 22.9 Å². The molecule has 2 aromatic rings. The van der Waals surface area contributed by atoms with Gasteiger partial charge < -0.3 is 5.11 Å². The van der Waals surface area contributed by atoms with Crippen LogP contribution in [0, 0.1) is 0 Å². The van der Waals surface area contributed by atoms with Gasteiger partial charge in [0.2, 0.25) is 5.91 Å². The van der Waals surface area contributed by atoms with Gasteiger partial charge in [-0.05, 0) is 30.7 Å². The summed E-state index contributed by atoms with van der Waals surface area (Å²) in [4.78, 5) is 22.3. The van der Waals surface area contributed by atoms with Crippen molar-refractivity contribution in [1.29, 1.82) is 0 Å². The van der Waals surface area contributed by atoms with Gasteiger partial charge in [-0.3, -0.25) is 14.2 Å². The van der Waals surface area contributed by atoms with Gasteiger partial charge in [0, 0.05) is 24.4 Å². The van der Waals surface area contributed by atoms with Crippen LogP contribution in [0.3, 0.4) is 0 Å². The first-order chi connectivity index (χ1) is 9.79. The average molecular weight is 299 g/mol. The molecule has 0 aliphatic carbocycles. The predicted molar refractivity (Wildman–Crippen MR) is 69.1 cm³/mol. The van der Waals surface area contributed by atoms with Crippen molar-refractivity contribution in [2.45, 2.75) is 25.4 Å². The fourth-order valence-electron chi connectivity index (χ4n) is 2.05. The maximum atomic E-state index is 12.6. The van der Waals surface area contributed by atoms with E-state index in [2.05, 4.69) is 0 Å². The zero-order valence-corrected chi connectivity index (χ0v) is 10.9. The van der Waals surface area contributed by atoms with Crippen LogP contribution in [0.1, 0.15) is 29.6 Å². The van der Waals surface area contributed by atoms with E-state index in [0.29, 0.717) is 10.9 Å². The molecule has 4 nitrogen and oxygen atoms in total. The van der Waals surface area contributed by atoms with Crippen LogP contribution < -0.4 is 0 Å². The number of alkyl halides is 3. The molecule has 0 radical (unpaired) electrons. The predicted octanol–water partition coefficient (Wildman–Crippen LogP) is 3.56. The van der Waals surface area contributed by atoms with Gasteiger partial charge in [0.05, 0.1) is 11.1 Å². The minimum Gasteiger partial charge on any atom is -0.481 e. The van der Waals surface area contributed by atoms with Crippen molar-refractivity contribution >= 4 is 22.8 Å². The molecule has 0 aliphatic heterocycles. The minimum atomic E-state index is -4.43. The number of halogens is 3. The van der Waals surface area contributed by atoms with Crippen LogP contribution in [-0.4, -0.2) is 21.6 Å². The van der Waals surface area contributed by atoms with Crippen LogP contribution in [-0.2, 0) is 11.0 Å². The second kappa shape index (κ2) is 5.59. The number of nitrogens with zero attached hydrogens (tertiary/aromatic N) is 1. The van der Waals surface area contributed by atoms with Gasteiger partial charge in [-0.25, -0.2) is 0 Å². The Morgan fingerprint density at radius 1 is 1.14 bits per heavy atom. The van der Waals surface area contributed by atoms with Gasteiger partial charge in [0.15, 0.2) is 0 Å². The molecule has 1 aromatic carbocycles. The van der Waals surface area contributed by atoms with Crippen molar-refractivity contribution in [2.75, 3.05) is 0 Å². The smallest absolute Gasteiger partial charge is 0.416 e. The van der Waals surface area contributed by atoms with Gasteiger partial charge in [-0.1, -0.05) is 0 Å². The topological polar surface area (TPSA) is 59.3 Å². The van der Waals surface area contributed by atoms with Crippen molar-refractivity contribution in [3.63, 3.8) is 0 Å². The number of carbonyl (C=O) groups excluding carboxylic acids is 1. The number of carbonyl (C=O) groups is 2. The highest BCUT2D eigenvalue weighted by molar-refractivity contribution is 5.92. The number of aromatic nitrogens is 1. The molecular weight excluding hydrogens is 287 g/mol. The molecule has 1 heterocycles. The highest BCUT2D eigenvalue weighted by Gasteiger charge is 2.30. The Morgan fingerprint density at radius 2 is 1.86 bits per heavy atom. The third kappa shape index (κ3) is 3.42. The van der Waals surface area contributed by atoms with E-state index in [-0.39, 0.29) is 25.2 Å². The van der Waals surface area contributed by atoms with Gasteiger partial charge in [-0.15, -0.1) is 0 Å². The summed E-state index contributed by atoms with van der Waals surface area (Å²) in [5, 5.41) is 8.83. The van der Waals surface area contributed by atoms with Crippen LogP contribution in [0.5, 0.6) is 0 Å². The fraction of sp³-hybridized carbons (Fsp3) is 0.286. The Hall–Kier alpha value is -2.31. The van der Waals surface area contributed by atoms with Crippen LogP contribution in [0.4, 0.5) is 13.2 Å². The number of hydrogen-bond acceptors (Lipinski definition) is 2. The maximum Gasteiger partial charge on any atom is 0.416 e. The van der Waals surface area contributed by atoms with Crippen molar-refractivity contribution in [3.05, 3.63) is 36.0 Å². The third-order valence-electron chi connectivity index (χ3n) is 3.07. The van der Waals surface area contributed by atoms with E-state index < -0.39 is 17.7 Å². The summed E-state index contributed by atoms with van der Waals surface area (Å²) >= 11 is 0. The number of rotatable bonds is 4. The summed E-state index contributed by atoms with van der Waals surface area (Å²) in [5.74, 6) is -1.33. The summed E-state index contributed by atoms with van der Waals surface area (Å²) in [6, 6.07) is 4.58. The lowest BCUT2D eigenvalue weighted by molar-refractivity contribution is -0.138. The first-order valence-electron chi connectivity index (χ1n) is 6.22. The summed E-state index contributed by atoms with van der Waals surface area (Å²) in [6.45, 7) is 0. The van der Waals surface area contributed by atoms with E-state index in [4.69, 9.17) is 5.11 Å². The van der Waals surface area contributed by atoms with E-state index >= 15 is 0 Å². The number of hydrogen-bond donors (Lipinski definition) is 1. The molecule has 0 atom stereocenters. The first-order valence-corrected chi connectivity index (χ1v) is 6.22. The molecule has 2 rings (SSSR count). The van der Waals surface area contributed by atoms with E-state index in [1.54, 1.807) is 0 Å². The lowest BCUT2D eigenvalue weighted by atomic mass is 10.1. The molecule has 0 aliphatic rings. The van der Waals surface area contributed by atoms with Gasteiger partial charge >= 0.3 is 12.1 Å². The van der Waals surface area contributed by atoms with E-state index in [0.717, 1.165) is 12.1 Å². The molecular formula is C14H12F3NO3. The zero-order chi connectivity index (χ0) is 15.6. The number of aliphatic carboxylic acids is 1. The largest absolute Gasteiger partial charge is 0.481 e. The number of carboxylic acids is 1. The SMILES string of the molecule is O=C(O)CCCC(=O)n1ccc2cc(C(F)(F)F)ccc21. The molecule has 1 N–H and O–H groups in total. The lowest BCUT2D eigenvalue weighted by Crippen LogP contribution is -2.10. The van der Waals surface area contributed by atoms with Crippen molar-refractivity contribution in [2.24, 2.45) is 0 Å². The highest BCUT2D eigenvalue weighted by atomic mass is 19.4. The number of carboxylic acid groups (broad SMARTS) is 1. The molecule has 0 saturated carbocycles. The molecule has 0 spiro atoms. The van der Waals surface area contributed by atoms with Gasteiger partial charge in [-0.2, -0.15) is 13.2 Å². The van der Waals surface area contributed by atoms with Crippen LogP contribution >= 0.6 is 0 Å². The Morgan fingerprint density at radius 3 is 2.48 bits per heavy atom. The molecule has 112 valence electrons. The molecule has 0 bridgehead atoms. The Kier molecular flexibility index (Phi) is 4.02. The quantitative estimate of drug-likeness (QED) is 0.939. The maximum absolute atomic E-state index is 12.6. The Balaban J connectivity index is 2.22. The molecule has 0 amide bonds. The Bertz CT molecular complexity index is 688. The normalized spacial score (nSPS) is 11.8.